The first-order chi connectivity index (χ1) is 14.3. The molecular formula is C22H28ClN5O2. The zero-order valence-corrected chi connectivity index (χ0v) is 18.4. The summed E-state index contributed by atoms with van der Waals surface area (Å²) >= 11 is 6.61. The first kappa shape index (κ1) is 19.9. The Kier molecular flexibility index (Phi) is 4.82. The lowest BCUT2D eigenvalue weighted by Gasteiger charge is -2.48. The molecular weight excluding hydrogens is 402 g/mol. The smallest absolute Gasteiger partial charge is 0.137 e. The third-order valence-electron chi connectivity index (χ3n) is 5.91. The van der Waals surface area contributed by atoms with Gasteiger partial charge in [0.15, 0.2) is 0 Å². The number of hydrogen-bond acceptors (Lipinski definition) is 7. The van der Waals surface area contributed by atoms with Crippen molar-refractivity contribution in [1.29, 1.82) is 0 Å². The molecule has 6 rings (SSSR count). The standard InChI is InChI=1S/C22H28ClN5O2/c1-22(2,29)13-30-17-7-18(21-19(23)12-26(3)28(21)11-17)14-4-5-20(24-8-14)27-9-15-6-16(10-27)25-15/h4-5,7-8,11,15-16,25,29H,6,9-10,12-13H2,1-3H3. The maximum absolute atomic E-state index is 10.0. The summed E-state index contributed by atoms with van der Waals surface area (Å²) in [6.45, 7) is 6.33. The van der Waals surface area contributed by atoms with Crippen LogP contribution < -0.4 is 10.2 Å². The molecule has 5 aliphatic heterocycles. The van der Waals surface area contributed by atoms with Gasteiger partial charge in [-0.05, 0) is 38.5 Å². The molecule has 0 aromatic carbocycles. The minimum Gasteiger partial charge on any atom is -0.489 e. The number of aliphatic hydroxyl groups is 1. The largest absolute Gasteiger partial charge is 0.489 e. The number of fused-ring (bicyclic) bond motifs is 3. The van der Waals surface area contributed by atoms with Crippen molar-refractivity contribution < 1.29 is 9.84 Å². The summed E-state index contributed by atoms with van der Waals surface area (Å²) in [5.41, 5.74) is 2.00. The monoisotopic (exact) mass is 429 g/mol. The minimum atomic E-state index is -0.910. The highest BCUT2D eigenvalue weighted by atomic mass is 35.5. The number of piperidine rings is 1. The third-order valence-corrected chi connectivity index (χ3v) is 6.21. The molecule has 8 heteroatoms. The van der Waals surface area contributed by atoms with Crippen LogP contribution in [0.5, 0.6) is 0 Å². The Morgan fingerprint density at radius 2 is 2.03 bits per heavy atom. The topological polar surface area (TPSA) is 64.1 Å². The van der Waals surface area contributed by atoms with Gasteiger partial charge in [0.25, 0.3) is 0 Å². The highest BCUT2D eigenvalue weighted by Gasteiger charge is 2.37. The lowest BCUT2D eigenvalue weighted by molar-refractivity contribution is 0.00296. The fourth-order valence-corrected chi connectivity index (χ4v) is 4.80. The van der Waals surface area contributed by atoms with Crippen LogP contribution in [0.4, 0.5) is 5.82 Å². The van der Waals surface area contributed by atoms with Gasteiger partial charge in [0.2, 0.25) is 0 Å². The van der Waals surface area contributed by atoms with Gasteiger partial charge in [0, 0.05) is 49.6 Å². The molecule has 5 aliphatic rings. The van der Waals surface area contributed by atoms with Crippen molar-refractivity contribution >= 4 is 23.0 Å². The molecule has 0 spiro atoms. The second-order valence-electron chi connectivity index (χ2n) is 9.21. The number of likely N-dealkylation sites (N-methyl/N-ethyl adjacent to an activating group) is 1. The fourth-order valence-electron chi connectivity index (χ4n) is 4.44. The Morgan fingerprint density at radius 3 is 2.67 bits per heavy atom. The molecule has 2 unspecified atom stereocenters. The number of halogens is 1. The van der Waals surface area contributed by atoms with Gasteiger partial charge in [0.1, 0.15) is 18.2 Å². The molecule has 7 nitrogen and oxygen atoms in total. The van der Waals surface area contributed by atoms with E-state index >= 15 is 0 Å². The van der Waals surface area contributed by atoms with Crippen LogP contribution >= 0.6 is 11.6 Å². The van der Waals surface area contributed by atoms with Crippen LogP contribution in [0, 0.1) is 0 Å². The summed E-state index contributed by atoms with van der Waals surface area (Å²) < 4.78 is 5.89. The van der Waals surface area contributed by atoms with Gasteiger partial charge in [-0.1, -0.05) is 11.6 Å². The van der Waals surface area contributed by atoms with Crippen molar-refractivity contribution in [2.75, 3.05) is 38.2 Å². The Hall–Kier alpha value is -2.06. The van der Waals surface area contributed by atoms with Gasteiger partial charge in [-0.2, -0.15) is 0 Å². The number of rotatable bonds is 5. The highest BCUT2D eigenvalue weighted by molar-refractivity contribution is 6.31. The van der Waals surface area contributed by atoms with Gasteiger partial charge in [-0.3, -0.25) is 5.01 Å². The van der Waals surface area contributed by atoms with E-state index in [-0.39, 0.29) is 6.61 Å². The summed E-state index contributed by atoms with van der Waals surface area (Å²) in [6, 6.07) is 5.39. The molecule has 6 heterocycles. The van der Waals surface area contributed by atoms with E-state index in [1.807, 2.05) is 35.5 Å². The molecule has 3 fully saturated rings. The zero-order valence-electron chi connectivity index (χ0n) is 17.6. The number of ether oxygens (including phenoxy) is 1. The van der Waals surface area contributed by atoms with Crippen LogP contribution in [0.1, 0.15) is 25.8 Å². The SMILES string of the molecule is CN1CC(Cl)=C2C(c3ccc(N4CC5CC(C4)N5)nc3)=CC(OCC(C)(C)O)=CN21. The average Bonchev–Trinajstić information content (AvgIpc) is 2.99. The molecule has 0 radical (unpaired) electrons. The van der Waals surface area contributed by atoms with Crippen molar-refractivity contribution in [3.8, 4) is 0 Å². The number of hydrogen-bond donors (Lipinski definition) is 2. The number of nitrogens with one attached hydrogen (secondary N) is 1. The number of allylic oxidation sites excluding steroid dienone is 2. The van der Waals surface area contributed by atoms with Gasteiger partial charge in [0.05, 0.1) is 29.1 Å². The summed E-state index contributed by atoms with van der Waals surface area (Å²) in [5, 5.41) is 18.4. The molecule has 3 saturated heterocycles. The number of piperazine rings is 1. The molecule has 2 atom stereocenters. The number of anilines is 1. The molecule has 0 aliphatic carbocycles. The maximum atomic E-state index is 10.0. The van der Waals surface area contributed by atoms with E-state index in [0.717, 1.165) is 40.8 Å². The van der Waals surface area contributed by atoms with Gasteiger partial charge < -0.3 is 20.1 Å². The quantitative estimate of drug-likeness (QED) is 0.744. The number of hydrazine groups is 1. The van der Waals surface area contributed by atoms with Crippen LogP contribution in [-0.2, 0) is 4.74 Å². The van der Waals surface area contributed by atoms with Crippen molar-refractivity contribution in [3.05, 3.63) is 52.7 Å². The molecule has 1 aromatic rings. The second kappa shape index (κ2) is 7.27. The fraction of sp³-hybridized carbons (Fsp3) is 0.500. The molecule has 0 amide bonds. The summed E-state index contributed by atoms with van der Waals surface area (Å²) in [4.78, 5) is 7.12. The summed E-state index contributed by atoms with van der Waals surface area (Å²) in [5.74, 6) is 1.70. The molecule has 2 N–H and O–H groups in total. The molecule has 1 aromatic heterocycles. The third kappa shape index (κ3) is 3.71. The predicted octanol–water partition coefficient (Wildman–Crippen LogP) is 2.27. The Balaban J connectivity index is 1.42. The van der Waals surface area contributed by atoms with Crippen LogP contribution in [0.2, 0.25) is 0 Å². The van der Waals surface area contributed by atoms with Crippen LogP contribution in [0.15, 0.2) is 47.1 Å². The first-order valence-corrected chi connectivity index (χ1v) is 10.8. The van der Waals surface area contributed by atoms with Gasteiger partial charge in [-0.15, -0.1) is 0 Å². The number of pyridine rings is 1. The van der Waals surface area contributed by atoms with E-state index in [4.69, 9.17) is 21.3 Å². The molecule has 2 bridgehead atoms. The number of aromatic nitrogens is 1. The summed E-state index contributed by atoms with van der Waals surface area (Å²) in [6.07, 6.45) is 7.09. The van der Waals surface area contributed by atoms with E-state index in [9.17, 15) is 5.11 Å². The van der Waals surface area contributed by atoms with Gasteiger partial charge in [-0.25, -0.2) is 9.99 Å². The van der Waals surface area contributed by atoms with E-state index < -0.39 is 5.60 Å². The normalized spacial score (nSPS) is 26.3. The first-order valence-electron chi connectivity index (χ1n) is 10.4. The Morgan fingerprint density at radius 1 is 1.30 bits per heavy atom. The van der Waals surface area contributed by atoms with Crippen LogP contribution in [0.3, 0.4) is 0 Å². The van der Waals surface area contributed by atoms with Crippen molar-refractivity contribution in [3.63, 3.8) is 0 Å². The average molecular weight is 430 g/mol. The van der Waals surface area contributed by atoms with E-state index in [1.54, 1.807) is 13.8 Å². The molecule has 30 heavy (non-hydrogen) atoms. The lowest BCUT2D eigenvalue weighted by Crippen LogP contribution is -2.67. The summed E-state index contributed by atoms with van der Waals surface area (Å²) in [7, 11) is 1.99. The van der Waals surface area contributed by atoms with E-state index in [0.29, 0.717) is 24.4 Å². The van der Waals surface area contributed by atoms with E-state index in [1.165, 1.54) is 6.42 Å². The van der Waals surface area contributed by atoms with Crippen molar-refractivity contribution in [1.82, 2.24) is 20.3 Å². The zero-order chi connectivity index (χ0) is 21.0. The van der Waals surface area contributed by atoms with Crippen molar-refractivity contribution in [2.45, 2.75) is 38.0 Å². The second-order valence-corrected chi connectivity index (χ2v) is 9.67. The Labute approximate surface area is 182 Å². The van der Waals surface area contributed by atoms with Crippen molar-refractivity contribution in [2.24, 2.45) is 0 Å². The predicted molar refractivity (Wildman–Crippen MR) is 117 cm³/mol. The number of nitrogens with zero attached hydrogens (tertiary/aromatic N) is 4. The highest BCUT2D eigenvalue weighted by Crippen LogP contribution is 2.40. The lowest BCUT2D eigenvalue weighted by atomic mass is 9.91. The minimum absolute atomic E-state index is 0.204. The van der Waals surface area contributed by atoms with E-state index in [2.05, 4.69) is 22.3 Å². The molecule has 160 valence electrons. The van der Waals surface area contributed by atoms with Gasteiger partial charge >= 0.3 is 0 Å². The van der Waals surface area contributed by atoms with Crippen LogP contribution in [0.25, 0.3) is 5.57 Å². The maximum Gasteiger partial charge on any atom is 0.137 e. The Bertz CT molecular complexity index is 918. The molecule has 0 saturated carbocycles. The van der Waals surface area contributed by atoms with Crippen LogP contribution in [-0.4, -0.2) is 71.1 Å².